The lowest BCUT2D eigenvalue weighted by atomic mass is 9.99. The quantitative estimate of drug-likeness (QED) is 0.922. The van der Waals surface area contributed by atoms with Gasteiger partial charge in [-0.25, -0.2) is 9.97 Å². The molecule has 18 heavy (non-hydrogen) atoms. The van der Waals surface area contributed by atoms with E-state index in [9.17, 15) is 0 Å². The van der Waals surface area contributed by atoms with Crippen LogP contribution in [0.3, 0.4) is 0 Å². The van der Waals surface area contributed by atoms with Crippen molar-refractivity contribution in [2.24, 2.45) is 5.73 Å². The van der Waals surface area contributed by atoms with Crippen LogP contribution in [0.5, 0.6) is 0 Å². The normalized spacial score (nSPS) is 14.2. The van der Waals surface area contributed by atoms with Crippen molar-refractivity contribution in [2.45, 2.75) is 25.8 Å². The molecule has 1 heterocycles. The topological polar surface area (TPSA) is 51.8 Å². The van der Waals surface area contributed by atoms with Crippen LogP contribution in [0.25, 0.3) is 11.1 Å². The molecule has 0 saturated carbocycles. The summed E-state index contributed by atoms with van der Waals surface area (Å²) >= 11 is 6.14. The van der Waals surface area contributed by atoms with E-state index in [0.717, 1.165) is 17.5 Å². The SMILES string of the molecule is CCC(C)(N)c1ncc(-c2ccccc2Cl)cn1. The molecule has 0 fully saturated rings. The third-order valence-corrected chi connectivity index (χ3v) is 3.41. The van der Waals surface area contributed by atoms with Gasteiger partial charge < -0.3 is 5.73 Å². The van der Waals surface area contributed by atoms with Gasteiger partial charge in [-0.3, -0.25) is 0 Å². The molecule has 0 amide bonds. The van der Waals surface area contributed by atoms with Crippen LogP contribution in [-0.4, -0.2) is 9.97 Å². The molecular weight excluding hydrogens is 246 g/mol. The number of hydrogen-bond acceptors (Lipinski definition) is 3. The van der Waals surface area contributed by atoms with Gasteiger partial charge in [0.25, 0.3) is 0 Å². The molecule has 0 saturated heterocycles. The Hall–Kier alpha value is -1.45. The Morgan fingerprint density at radius 2 is 1.83 bits per heavy atom. The maximum atomic E-state index is 6.14. The number of rotatable bonds is 3. The van der Waals surface area contributed by atoms with E-state index in [4.69, 9.17) is 17.3 Å². The highest BCUT2D eigenvalue weighted by atomic mass is 35.5. The Morgan fingerprint density at radius 1 is 1.22 bits per heavy atom. The third-order valence-electron chi connectivity index (χ3n) is 3.08. The van der Waals surface area contributed by atoms with Gasteiger partial charge >= 0.3 is 0 Å². The van der Waals surface area contributed by atoms with Crippen molar-refractivity contribution < 1.29 is 0 Å². The maximum absolute atomic E-state index is 6.14. The van der Waals surface area contributed by atoms with Crippen LogP contribution in [0.2, 0.25) is 5.02 Å². The first kappa shape index (κ1) is 13.0. The molecule has 3 nitrogen and oxygen atoms in total. The summed E-state index contributed by atoms with van der Waals surface area (Å²) in [6.45, 7) is 3.95. The van der Waals surface area contributed by atoms with Gasteiger partial charge in [-0.15, -0.1) is 0 Å². The highest BCUT2D eigenvalue weighted by molar-refractivity contribution is 6.33. The number of aromatic nitrogens is 2. The summed E-state index contributed by atoms with van der Waals surface area (Å²) < 4.78 is 0. The molecule has 0 spiro atoms. The van der Waals surface area contributed by atoms with E-state index in [2.05, 4.69) is 9.97 Å². The predicted molar refractivity (Wildman–Crippen MR) is 74.3 cm³/mol. The van der Waals surface area contributed by atoms with Crippen LogP contribution in [0, 0.1) is 0 Å². The Labute approximate surface area is 112 Å². The summed E-state index contributed by atoms with van der Waals surface area (Å²) in [7, 11) is 0. The summed E-state index contributed by atoms with van der Waals surface area (Å²) in [6, 6.07) is 7.63. The summed E-state index contributed by atoms with van der Waals surface area (Å²) in [5.74, 6) is 0.654. The number of hydrogen-bond donors (Lipinski definition) is 1. The molecule has 94 valence electrons. The molecule has 1 unspecified atom stereocenters. The lowest BCUT2D eigenvalue weighted by Gasteiger charge is -2.20. The van der Waals surface area contributed by atoms with Crippen molar-refractivity contribution in [3.8, 4) is 11.1 Å². The van der Waals surface area contributed by atoms with E-state index < -0.39 is 5.54 Å². The van der Waals surface area contributed by atoms with E-state index >= 15 is 0 Å². The van der Waals surface area contributed by atoms with Gasteiger partial charge in [-0.1, -0.05) is 36.7 Å². The molecule has 2 aromatic rings. The van der Waals surface area contributed by atoms with Gasteiger partial charge in [0, 0.05) is 28.5 Å². The fourth-order valence-electron chi connectivity index (χ4n) is 1.62. The molecule has 2 rings (SSSR count). The molecule has 1 aromatic heterocycles. The summed E-state index contributed by atoms with van der Waals surface area (Å²) in [6.07, 6.45) is 4.33. The highest BCUT2D eigenvalue weighted by Gasteiger charge is 2.21. The van der Waals surface area contributed by atoms with Gasteiger partial charge in [0.15, 0.2) is 0 Å². The number of benzene rings is 1. The Morgan fingerprint density at radius 3 is 2.39 bits per heavy atom. The Bertz CT molecular complexity index is 535. The fraction of sp³-hybridized carbons (Fsp3) is 0.286. The van der Waals surface area contributed by atoms with Crippen LogP contribution < -0.4 is 5.73 Å². The first-order chi connectivity index (χ1) is 8.54. The molecule has 1 aromatic carbocycles. The predicted octanol–water partition coefficient (Wildman–Crippen LogP) is 3.38. The number of nitrogens with zero attached hydrogens (tertiary/aromatic N) is 2. The van der Waals surface area contributed by atoms with Gasteiger partial charge in [-0.2, -0.15) is 0 Å². The molecule has 0 aliphatic rings. The van der Waals surface area contributed by atoms with Crippen LogP contribution in [-0.2, 0) is 5.54 Å². The maximum Gasteiger partial charge on any atom is 0.147 e. The second-order valence-electron chi connectivity index (χ2n) is 4.55. The van der Waals surface area contributed by atoms with E-state index in [0.29, 0.717) is 10.8 Å². The Balaban J connectivity index is 2.37. The molecule has 0 aliphatic carbocycles. The van der Waals surface area contributed by atoms with E-state index in [1.54, 1.807) is 12.4 Å². The van der Waals surface area contributed by atoms with Crippen LogP contribution in [0.4, 0.5) is 0 Å². The second kappa shape index (κ2) is 5.04. The minimum Gasteiger partial charge on any atom is -0.319 e. The van der Waals surface area contributed by atoms with Crippen molar-refractivity contribution in [3.05, 3.63) is 47.5 Å². The zero-order valence-corrected chi connectivity index (χ0v) is 11.3. The first-order valence-corrected chi connectivity index (χ1v) is 6.28. The van der Waals surface area contributed by atoms with Crippen LogP contribution in [0.15, 0.2) is 36.7 Å². The summed E-state index contributed by atoms with van der Waals surface area (Å²) in [5.41, 5.74) is 7.45. The molecular formula is C14H16ClN3. The molecule has 0 aliphatic heterocycles. The van der Waals surface area contributed by atoms with Crippen LogP contribution in [0.1, 0.15) is 26.1 Å². The number of halogens is 1. The molecule has 2 N–H and O–H groups in total. The Kier molecular flexibility index (Phi) is 3.64. The summed E-state index contributed by atoms with van der Waals surface area (Å²) in [5, 5.41) is 0.694. The standard InChI is InChI=1S/C14H16ClN3/c1-3-14(2,16)13-17-8-10(9-18-13)11-6-4-5-7-12(11)15/h4-9H,3,16H2,1-2H3. The first-order valence-electron chi connectivity index (χ1n) is 5.91. The zero-order chi connectivity index (χ0) is 13.2. The smallest absolute Gasteiger partial charge is 0.147 e. The van der Waals surface area contributed by atoms with Gasteiger partial charge in [0.1, 0.15) is 5.82 Å². The minimum absolute atomic E-state index is 0.487. The van der Waals surface area contributed by atoms with Gasteiger partial charge in [0.2, 0.25) is 0 Å². The number of nitrogens with two attached hydrogens (primary N) is 1. The molecule has 4 heteroatoms. The lowest BCUT2D eigenvalue weighted by molar-refractivity contribution is 0.445. The largest absolute Gasteiger partial charge is 0.319 e. The van der Waals surface area contributed by atoms with Crippen molar-refractivity contribution in [1.82, 2.24) is 9.97 Å². The molecule has 0 radical (unpaired) electrons. The van der Waals surface area contributed by atoms with Crippen molar-refractivity contribution in [2.75, 3.05) is 0 Å². The molecule has 0 bridgehead atoms. The summed E-state index contributed by atoms with van der Waals surface area (Å²) in [4.78, 5) is 8.69. The average Bonchev–Trinajstić information content (AvgIpc) is 2.39. The zero-order valence-electron chi connectivity index (χ0n) is 10.5. The van der Waals surface area contributed by atoms with E-state index in [1.807, 2.05) is 38.1 Å². The van der Waals surface area contributed by atoms with E-state index in [-0.39, 0.29) is 0 Å². The van der Waals surface area contributed by atoms with Crippen molar-refractivity contribution >= 4 is 11.6 Å². The molecule has 1 atom stereocenters. The lowest BCUT2D eigenvalue weighted by Crippen LogP contribution is -2.34. The van der Waals surface area contributed by atoms with Crippen molar-refractivity contribution in [1.29, 1.82) is 0 Å². The minimum atomic E-state index is -0.487. The highest BCUT2D eigenvalue weighted by Crippen LogP contribution is 2.27. The third kappa shape index (κ3) is 2.52. The van der Waals surface area contributed by atoms with Gasteiger partial charge in [-0.05, 0) is 19.4 Å². The van der Waals surface area contributed by atoms with E-state index in [1.165, 1.54) is 0 Å². The van der Waals surface area contributed by atoms with Crippen molar-refractivity contribution in [3.63, 3.8) is 0 Å². The second-order valence-corrected chi connectivity index (χ2v) is 4.95. The average molecular weight is 262 g/mol. The monoisotopic (exact) mass is 261 g/mol. The van der Waals surface area contributed by atoms with Gasteiger partial charge in [0.05, 0.1) is 5.54 Å². The fourth-order valence-corrected chi connectivity index (χ4v) is 1.86. The van der Waals surface area contributed by atoms with Crippen LogP contribution >= 0.6 is 11.6 Å².